The van der Waals surface area contributed by atoms with Crippen LogP contribution in [0.15, 0.2) is 90.5 Å². The highest BCUT2D eigenvalue weighted by atomic mass is 35.5. The van der Waals surface area contributed by atoms with E-state index in [1.54, 1.807) is 24.3 Å². The lowest BCUT2D eigenvalue weighted by Gasteiger charge is -2.27. The molecule has 1 atom stereocenters. The molecule has 0 spiro atoms. The van der Waals surface area contributed by atoms with Crippen molar-refractivity contribution in [2.24, 2.45) is 0 Å². The second-order valence-corrected chi connectivity index (χ2v) is 9.09. The van der Waals surface area contributed by atoms with Gasteiger partial charge in [0.2, 0.25) is 0 Å². The summed E-state index contributed by atoms with van der Waals surface area (Å²) in [5, 5.41) is 14.0. The van der Waals surface area contributed by atoms with E-state index < -0.39 is 17.7 Å². The van der Waals surface area contributed by atoms with Gasteiger partial charge in [0, 0.05) is 21.3 Å². The number of benzene rings is 4. The van der Waals surface area contributed by atoms with Crippen molar-refractivity contribution in [2.45, 2.75) is 13.0 Å². The summed E-state index contributed by atoms with van der Waals surface area (Å²) >= 11 is 12.4. The van der Waals surface area contributed by atoms with Crippen molar-refractivity contribution in [3.63, 3.8) is 0 Å². The minimum absolute atomic E-state index is 0.0191. The first kappa shape index (κ1) is 22.2. The van der Waals surface area contributed by atoms with Gasteiger partial charge in [-0.1, -0.05) is 83.9 Å². The van der Waals surface area contributed by atoms with E-state index in [1.807, 2.05) is 67.6 Å². The van der Waals surface area contributed by atoms with Crippen LogP contribution in [0, 0.1) is 6.92 Å². The topological polar surface area (TPSA) is 57.6 Å². The number of aliphatic hydroxyl groups is 1. The van der Waals surface area contributed by atoms with Crippen molar-refractivity contribution in [1.29, 1.82) is 0 Å². The van der Waals surface area contributed by atoms with Gasteiger partial charge in [-0.2, -0.15) is 0 Å². The Morgan fingerprint density at radius 1 is 0.824 bits per heavy atom. The molecule has 4 nitrogen and oxygen atoms in total. The third-order valence-corrected chi connectivity index (χ3v) is 6.51. The number of fused-ring (bicyclic) bond motifs is 1. The Morgan fingerprint density at radius 3 is 2.18 bits per heavy atom. The number of aryl methyl sites for hydroxylation is 1. The minimum Gasteiger partial charge on any atom is -0.507 e. The van der Waals surface area contributed by atoms with Gasteiger partial charge in [0.05, 0.1) is 11.6 Å². The molecule has 1 fully saturated rings. The Morgan fingerprint density at radius 2 is 1.47 bits per heavy atom. The van der Waals surface area contributed by atoms with Gasteiger partial charge < -0.3 is 5.11 Å². The highest BCUT2D eigenvalue weighted by molar-refractivity contribution is 6.52. The SMILES string of the molecule is Cc1ccccc1C1/C(=C(\O)c2ccc3ccccc3c2)C(=O)C(=O)N1c1cc(Cl)cc(Cl)c1. The van der Waals surface area contributed by atoms with Gasteiger partial charge >= 0.3 is 0 Å². The lowest BCUT2D eigenvalue weighted by atomic mass is 9.92. The van der Waals surface area contributed by atoms with E-state index in [0.717, 1.165) is 21.9 Å². The van der Waals surface area contributed by atoms with Gasteiger partial charge in [0.1, 0.15) is 5.76 Å². The third-order valence-electron chi connectivity index (χ3n) is 6.08. The van der Waals surface area contributed by atoms with Crippen LogP contribution in [0.5, 0.6) is 0 Å². The van der Waals surface area contributed by atoms with Crippen LogP contribution in [0.4, 0.5) is 5.69 Å². The summed E-state index contributed by atoms with van der Waals surface area (Å²) in [7, 11) is 0. The Bertz CT molecular complexity index is 1490. The molecule has 4 aromatic carbocycles. The maximum absolute atomic E-state index is 13.4. The third kappa shape index (κ3) is 3.75. The van der Waals surface area contributed by atoms with E-state index in [2.05, 4.69) is 0 Å². The Kier molecular flexibility index (Phi) is 5.64. The molecular formula is C28H19Cl2NO3. The summed E-state index contributed by atoms with van der Waals surface area (Å²) in [4.78, 5) is 28.0. The first-order valence-electron chi connectivity index (χ1n) is 10.7. The zero-order valence-corrected chi connectivity index (χ0v) is 19.6. The fourth-order valence-electron chi connectivity index (χ4n) is 4.46. The van der Waals surface area contributed by atoms with Crippen molar-refractivity contribution < 1.29 is 14.7 Å². The molecule has 0 bridgehead atoms. The first-order valence-corrected chi connectivity index (χ1v) is 11.4. The van der Waals surface area contributed by atoms with Crippen LogP contribution < -0.4 is 4.90 Å². The zero-order chi connectivity index (χ0) is 24.0. The predicted molar refractivity (Wildman–Crippen MR) is 136 cm³/mol. The first-order chi connectivity index (χ1) is 16.3. The number of hydrogen-bond acceptors (Lipinski definition) is 3. The molecule has 0 radical (unpaired) electrons. The standard InChI is InChI=1S/C28H19Cl2NO3/c1-16-6-2-5-9-23(16)25-24(26(32)19-11-10-17-7-3-4-8-18(17)12-19)27(33)28(34)31(25)22-14-20(29)13-21(30)15-22/h2-15,25,32H,1H3/b26-24+. The van der Waals surface area contributed by atoms with Crippen LogP contribution in [-0.2, 0) is 9.59 Å². The van der Waals surface area contributed by atoms with Gasteiger partial charge in [-0.15, -0.1) is 0 Å². The maximum atomic E-state index is 13.4. The van der Waals surface area contributed by atoms with E-state index in [-0.39, 0.29) is 11.3 Å². The average molecular weight is 488 g/mol. The van der Waals surface area contributed by atoms with Crippen LogP contribution in [0.25, 0.3) is 16.5 Å². The van der Waals surface area contributed by atoms with Crippen molar-refractivity contribution in [3.8, 4) is 0 Å². The Hall–Kier alpha value is -3.60. The van der Waals surface area contributed by atoms with Crippen molar-refractivity contribution in [2.75, 3.05) is 4.90 Å². The summed E-state index contributed by atoms with van der Waals surface area (Å²) in [5.41, 5.74) is 2.45. The van der Waals surface area contributed by atoms with Crippen LogP contribution in [0.3, 0.4) is 0 Å². The average Bonchev–Trinajstić information content (AvgIpc) is 3.08. The highest BCUT2D eigenvalue weighted by Crippen LogP contribution is 2.44. The molecule has 0 aliphatic carbocycles. The molecule has 168 valence electrons. The summed E-state index contributed by atoms with van der Waals surface area (Å²) in [6.07, 6.45) is 0. The molecule has 1 amide bonds. The highest BCUT2D eigenvalue weighted by Gasteiger charge is 2.47. The molecule has 1 aliphatic heterocycles. The van der Waals surface area contributed by atoms with Crippen molar-refractivity contribution in [3.05, 3.63) is 117 Å². The molecule has 0 aromatic heterocycles. The van der Waals surface area contributed by atoms with Crippen LogP contribution in [0.1, 0.15) is 22.7 Å². The molecule has 34 heavy (non-hydrogen) atoms. The fraction of sp³-hybridized carbons (Fsp3) is 0.0714. The van der Waals surface area contributed by atoms with E-state index >= 15 is 0 Å². The van der Waals surface area contributed by atoms with Crippen LogP contribution in [0.2, 0.25) is 10.0 Å². The lowest BCUT2D eigenvalue weighted by Crippen LogP contribution is -2.29. The largest absolute Gasteiger partial charge is 0.507 e. The molecule has 4 aromatic rings. The van der Waals surface area contributed by atoms with Gasteiger partial charge in [0.15, 0.2) is 0 Å². The van der Waals surface area contributed by atoms with Gasteiger partial charge in [-0.05, 0) is 53.1 Å². The Balaban J connectivity index is 1.76. The minimum atomic E-state index is -0.845. The molecule has 1 unspecified atom stereocenters. The number of rotatable bonds is 3. The summed E-state index contributed by atoms with van der Waals surface area (Å²) in [6, 6.07) is 24.5. The molecule has 1 heterocycles. The number of Topliss-reactive ketones (excluding diaryl/α,β-unsaturated/α-hetero) is 1. The summed E-state index contributed by atoms with van der Waals surface area (Å²) in [5.74, 6) is -1.75. The molecule has 1 N–H and O–H groups in total. The molecule has 6 heteroatoms. The molecule has 1 saturated heterocycles. The molecular weight excluding hydrogens is 469 g/mol. The van der Waals surface area contributed by atoms with Crippen molar-refractivity contribution >= 4 is 57.1 Å². The second-order valence-electron chi connectivity index (χ2n) is 8.22. The smallest absolute Gasteiger partial charge is 0.300 e. The zero-order valence-electron chi connectivity index (χ0n) is 18.1. The normalized spacial score (nSPS) is 17.5. The summed E-state index contributed by atoms with van der Waals surface area (Å²) < 4.78 is 0. The summed E-state index contributed by atoms with van der Waals surface area (Å²) in [6.45, 7) is 1.90. The maximum Gasteiger partial charge on any atom is 0.300 e. The van der Waals surface area contributed by atoms with Gasteiger partial charge in [0.25, 0.3) is 11.7 Å². The molecule has 1 aliphatic rings. The fourth-order valence-corrected chi connectivity index (χ4v) is 4.97. The van der Waals surface area contributed by atoms with E-state index in [9.17, 15) is 14.7 Å². The molecule has 5 rings (SSSR count). The second kappa shape index (κ2) is 8.64. The Labute approximate surface area is 206 Å². The predicted octanol–water partition coefficient (Wildman–Crippen LogP) is 7.08. The quantitative estimate of drug-likeness (QED) is 0.190. The molecule has 0 saturated carbocycles. The number of amides is 1. The number of halogens is 2. The number of aliphatic hydroxyl groups excluding tert-OH is 1. The number of anilines is 1. The van der Waals surface area contributed by atoms with E-state index in [0.29, 0.717) is 21.3 Å². The lowest BCUT2D eigenvalue weighted by molar-refractivity contribution is -0.132. The number of carbonyl (C=O) groups is 2. The number of nitrogens with zero attached hydrogens (tertiary/aromatic N) is 1. The van der Waals surface area contributed by atoms with Crippen molar-refractivity contribution in [1.82, 2.24) is 0 Å². The number of ketones is 1. The number of carbonyl (C=O) groups excluding carboxylic acids is 2. The van der Waals surface area contributed by atoms with Gasteiger partial charge in [-0.3, -0.25) is 14.5 Å². The van der Waals surface area contributed by atoms with E-state index in [1.165, 1.54) is 4.90 Å². The van der Waals surface area contributed by atoms with E-state index in [4.69, 9.17) is 23.2 Å². The van der Waals surface area contributed by atoms with Crippen LogP contribution >= 0.6 is 23.2 Å². The number of hydrogen-bond donors (Lipinski definition) is 1. The van der Waals surface area contributed by atoms with Gasteiger partial charge in [-0.25, -0.2) is 0 Å². The monoisotopic (exact) mass is 487 g/mol. The van der Waals surface area contributed by atoms with Crippen LogP contribution in [-0.4, -0.2) is 16.8 Å².